The number of aryl methyl sites for hydroxylation is 1. The maximum absolute atomic E-state index is 12.6. The Morgan fingerprint density at radius 3 is 2.60 bits per heavy atom. The van der Waals surface area contributed by atoms with Crippen LogP contribution >= 0.6 is 0 Å². The van der Waals surface area contributed by atoms with Gasteiger partial charge in [-0.3, -0.25) is 4.72 Å². The molecule has 0 fully saturated rings. The van der Waals surface area contributed by atoms with E-state index in [1.165, 1.54) is 7.11 Å². The summed E-state index contributed by atoms with van der Waals surface area (Å²) in [6.07, 6.45) is 5.36. The summed E-state index contributed by atoms with van der Waals surface area (Å²) in [7, 11) is -2.24. The average molecular weight is 420 g/mol. The van der Waals surface area contributed by atoms with E-state index in [4.69, 9.17) is 4.74 Å². The number of pyridine rings is 1. The monoisotopic (exact) mass is 419 g/mol. The van der Waals surface area contributed by atoms with Gasteiger partial charge in [-0.05, 0) is 48.9 Å². The van der Waals surface area contributed by atoms with E-state index in [0.29, 0.717) is 11.4 Å². The third-order valence-corrected chi connectivity index (χ3v) is 5.63. The van der Waals surface area contributed by atoms with Crippen LogP contribution in [0.4, 0.5) is 5.69 Å². The van der Waals surface area contributed by atoms with Gasteiger partial charge >= 0.3 is 0 Å². The predicted octanol–water partition coefficient (Wildman–Crippen LogP) is 4.73. The Kier molecular flexibility index (Phi) is 5.29. The molecule has 2 aromatic heterocycles. The van der Waals surface area contributed by atoms with Crippen LogP contribution in [0.25, 0.3) is 23.0 Å². The highest BCUT2D eigenvalue weighted by molar-refractivity contribution is 7.95. The zero-order valence-electron chi connectivity index (χ0n) is 16.6. The zero-order chi connectivity index (χ0) is 21.1. The van der Waals surface area contributed by atoms with Crippen molar-refractivity contribution in [1.29, 1.82) is 0 Å². The van der Waals surface area contributed by atoms with Gasteiger partial charge in [-0.15, -0.1) is 0 Å². The average Bonchev–Trinajstić information content (AvgIpc) is 3.17. The summed E-state index contributed by atoms with van der Waals surface area (Å²) < 4.78 is 35.1. The van der Waals surface area contributed by atoms with E-state index in [9.17, 15) is 8.42 Å². The topological polar surface area (TPSA) is 72.7 Å². The second-order valence-corrected chi connectivity index (χ2v) is 8.43. The third-order valence-electron chi connectivity index (χ3n) is 4.63. The molecule has 0 saturated heterocycles. The number of hydrogen-bond donors (Lipinski definition) is 1. The molecule has 2 aromatic carbocycles. The van der Waals surface area contributed by atoms with Crippen LogP contribution in [0.2, 0.25) is 0 Å². The second kappa shape index (κ2) is 8.04. The number of imidazole rings is 1. The number of fused-ring (bicyclic) bond motifs is 1. The Labute approximate surface area is 175 Å². The number of benzene rings is 2. The summed E-state index contributed by atoms with van der Waals surface area (Å²) >= 11 is 0. The SMILES string of the molecule is COc1ccc(-c2cn3ccccc3n2)cc1NS(=O)(=O)/C=C/c1ccc(C)cc1. The zero-order valence-corrected chi connectivity index (χ0v) is 17.4. The van der Waals surface area contributed by atoms with E-state index < -0.39 is 10.0 Å². The van der Waals surface area contributed by atoms with E-state index in [1.807, 2.05) is 72.2 Å². The smallest absolute Gasteiger partial charge is 0.255 e. The molecule has 6 nitrogen and oxygen atoms in total. The van der Waals surface area contributed by atoms with Gasteiger partial charge in [0.25, 0.3) is 10.0 Å². The van der Waals surface area contributed by atoms with Crippen LogP contribution in [0.5, 0.6) is 5.75 Å². The molecule has 0 atom stereocenters. The molecule has 0 aliphatic heterocycles. The third kappa shape index (κ3) is 4.36. The van der Waals surface area contributed by atoms with Crippen LogP contribution < -0.4 is 9.46 Å². The van der Waals surface area contributed by atoms with Crippen molar-refractivity contribution in [2.24, 2.45) is 0 Å². The summed E-state index contributed by atoms with van der Waals surface area (Å²) in [5.74, 6) is 0.426. The predicted molar refractivity (Wildman–Crippen MR) is 120 cm³/mol. The van der Waals surface area contributed by atoms with Crippen LogP contribution in [0.1, 0.15) is 11.1 Å². The fourth-order valence-corrected chi connectivity index (χ4v) is 3.92. The van der Waals surface area contributed by atoms with Gasteiger partial charge in [-0.1, -0.05) is 35.9 Å². The van der Waals surface area contributed by atoms with Gasteiger partial charge in [-0.2, -0.15) is 0 Å². The lowest BCUT2D eigenvalue weighted by Gasteiger charge is -2.11. The Morgan fingerprint density at radius 2 is 1.87 bits per heavy atom. The number of ether oxygens (including phenoxy) is 1. The molecule has 0 aliphatic rings. The van der Waals surface area contributed by atoms with Gasteiger partial charge in [0, 0.05) is 18.0 Å². The highest BCUT2D eigenvalue weighted by atomic mass is 32.2. The quantitative estimate of drug-likeness (QED) is 0.490. The van der Waals surface area contributed by atoms with Gasteiger partial charge in [0.15, 0.2) is 0 Å². The van der Waals surface area contributed by atoms with Crippen LogP contribution in [0.15, 0.2) is 78.5 Å². The van der Waals surface area contributed by atoms with Gasteiger partial charge in [-0.25, -0.2) is 13.4 Å². The van der Waals surface area contributed by atoms with Crippen molar-refractivity contribution in [2.75, 3.05) is 11.8 Å². The van der Waals surface area contributed by atoms with Gasteiger partial charge < -0.3 is 9.14 Å². The Morgan fingerprint density at radius 1 is 1.07 bits per heavy atom. The van der Waals surface area contributed by atoms with E-state index in [1.54, 1.807) is 18.2 Å². The Bertz CT molecular complexity index is 1290. The van der Waals surface area contributed by atoms with Crippen LogP contribution in [-0.2, 0) is 10.0 Å². The minimum atomic E-state index is -3.74. The molecular formula is C23H21N3O3S. The molecule has 0 radical (unpaired) electrons. The fourth-order valence-electron chi connectivity index (χ4n) is 3.05. The number of nitrogens with zero attached hydrogens (tertiary/aromatic N) is 2. The lowest BCUT2D eigenvalue weighted by molar-refractivity contribution is 0.417. The number of aromatic nitrogens is 2. The lowest BCUT2D eigenvalue weighted by Crippen LogP contribution is -2.10. The number of anilines is 1. The van der Waals surface area contributed by atoms with Crippen molar-refractivity contribution in [2.45, 2.75) is 6.92 Å². The summed E-state index contributed by atoms with van der Waals surface area (Å²) in [5.41, 5.74) is 4.59. The molecule has 4 rings (SSSR count). The molecule has 4 aromatic rings. The van der Waals surface area contributed by atoms with Crippen molar-refractivity contribution >= 4 is 27.4 Å². The molecule has 152 valence electrons. The van der Waals surface area contributed by atoms with E-state index in [-0.39, 0.29) is 0 Å². The summed E-state index contributed by atoms with van der Waals surface area (Å²) in [5, 5.41) is 1.15. The Balaban J connectivity index is 1.63. The van der Waals surface area contributed by atoms with Crippen molar-refractivity contribution in [1.82, 2.24) is 9.38 Å². The van der Waals surface area contributed by atoms with Crippen molar-refractivity contribution in [3.05, 3.63) is 89.6 Å². The standard InChI is InChI=1S/C23H21N3O3S/c1-17-6-8-18(9-7-17)12-14-30(27,28)25-20-15-19(10-11-22(20)29-2)21-16-26-13-4-3-5-23(26)24-21/h3-16,25H,1-2H3/b14-12+. The van der Waals surface area contributed by atoms with Crippen LogP contribution in [-0.4, -0.2) is 24.9 Å². The highest BCUT2D eigenvalue weighted by Gasteiger charge is 2.13. The fraction of sp³-hybridized carbons (Fsp3) is 0.0870. The first kappa shape index (κ1) is 19.7. The molecule has 1 N–H and O–H groups in total. The molecule has 0 amide bonds. The molecule has 0 unspecified atom stereocenters. The lowest BCUT2D eigenvalue weighted by atomic mass is 10.1. The van der Waals surface area contributed by atoms with Crippen LogP contribution in [0.3, 0.4) is 0 Å². The molecule has 0 bridgehead atoms. The van der Waals surface area contributed by atoms with Crippen molar-refractivity contribution in [3.8, 4) is 17.0 Å². The maximum Gasteiger partial charge on any atom is 0.255 e. The largest absolute Gasteiger partial charge is 0.495 e. The maximum atomic E-state index is 12.6. The molecular weight excluding hydrogens is 398 g/mol. The van der Waals surface area contributed by atoms with Gasteiger partial charge in [0.05, 0.1) is 23.9 Å². The van der Waals surface area contributed by atoms with E-state index >= 15 is 0 Å². The van der Waals surface area contributed by atoms with Gasteiger partial charge in [0.1, 0.15) is 11.4 Å². The summed E-state index contributed by atoms with van der Waals surface area (Å²) in [6.45, 7) is 1.98. The van der Waals surface area contributed by atoms with E-state index in [0.717, 1.165) is 33.4 Å². The Hall–Kier alpha value is -3.58. The minimum Gasteiger partial charge on any atom is -0.495 e. The number of hydrogen-bond acceptors (Lipinski definition) is 4. The molecule has 0 spiro atoms. The molecule has 7 heteroatoms. The number of sulfonamides is 1. The first-order chi connectivity index (χ1) is 14.4. The van der Waals surface area contributed by atoms with Gasteiger partial charge in [0.2, 0.25) is 0 Å². The normalized spacial score (nSPS) is 11.8. The molecule has 0 aliphatic carbocycles. The number of rotatable bonds is 6. The summed E-state index contributed by atoms with van der Waals surface area (Å²) in [4.78, 5) is 4.59. The first-order valence-electron chi connectivity index (χ1n) is 9.33. The molecule has 2 heterocycles. The van der Waals surface area contributed by atoms with E-state index in [2.05, 4.69) is 9.71 Å². The summed E-state index contributed by atoms with van der Waals surface area (Å²) in [6, 6.07) is 18.6. The highest BCUT2D eigenvalue weighted by Crippen LogP contribution is 2.31. The van der Waals surface area contributed by atoms with Crippen LogP contribution in [0, 0.1) is 6.92 Å². The minimum absolute atomic E-state index is 0.348. The number of methoxy groups -OCH3 is 1. The molecule has 30 heavy (non-hydrogen) atoms. The first-order valence-corrected chi connectivity index (χ1v) is 10.9. The van der Waals surface area contributed by atoms with Crippen molar-refractivity contribution < 1.29 is 13.2 Å². The molecule has 0 saturated carbocycles. The number of nitrogens with one attached hydrogen (secondary N) is 1. The van der Waals surface area contributed by atoms with Crippen molar-refractivity contribution in [3.63, 3.8) is 0 Å². The second-order valence-electron chi connectivity index (χ2n) is 6.87.